The van der Waals surface area contributed by atoms with Crippen molar-refractivity contribution < 1.29 is 14.4 Å². The van der Waals surface area contributed by atoms with Gasteiger partial charge in [0.05, 0.1) is 0 Å². The summed E-state index contributed by atoms with van der Waals surface area (Å²) in [6, 6.07) is 5.35. The highest BCUT2D eigenvalue weighted by Crippen LogP contribution is 2.34. The second-order valence-corrected chi connectivity index (χ2v) is 8.91. The van der Waals surface area contributed by atoms with Gasteiger partial charge in [-0.2, -0.15) is 0 Å². The van der Waals surface area contributed by atoms with E-state index in [1.807, 2.05) is 12.1 Å². The molecule has 7 heteroatoms. The number of benzene rings is 1. The third kappa shape index (κ3) is 5.64. The van der Waals surface area contributed by atoms with Gasteiger partial charge < -0.3 is 14.7 Å². The Labute approximate surface area is 185 Å². The van der Waals surface area contributed by atoms with Gasteiger partial charge in [0, 0.05) is 42.9 Å². The molecule has 2 heterocycles. The number of unbranched alkanes of at least 4 members (excludes halogenated alkanes) is 3. The fourth-order valence-electron chi connectivity index (χ4n) is 4.50. The summed E-state index contributed by atoms with van der Waals surface area (Å²) in [5, 5.41) is 2.38. The van der Waals surface area contributed by atoms with Crippen molar-refractivity contribution in [1.82, 2.24) is 15.1 Å². The van der Waals surface area contributed by atoms with Crippen LogP contribution in [0.5, 0.6) is 0 Å². The van der Waals surface area contributed by atoms with Gasteiger partial charge in [0.15, 0.2) is 0 Å². The number of fused-ring (bicyclic) bond motifs is 1. The first-order valence-electron chi connectivity index (χ1n) is 11.6. The number of carbonyl (C=O) groups is 3. The molecule has 1 aromatic rings. The van der Waals surface area contributed by atoms with E-state index in [1.165, 1.54) is 12.8 Å². The molecule has 0 bridgehead atoms. The Morgan fingerprint density at radius 1 is 1.03 bits per heavy atom. The van der Waals surface area contributed by atoms with E-state index in [2.05, 4.69) is 42.2 Å². The first-order valence-corrected chi connectivity index (χ1v) is 11.6. The van der Waals surface area contributed by atoms with Gasteiger partial charge >= 0.3 is 0 Å². The van der Waals surface area contributed by atoms with Crippen molar-refractivity contribution in [1.29, 1.82) is 0 Å². The van der Waals surface area contributed by atoms with Crippen LogP contribution in [0.4, 0.5) is 5.69 Å². The third-order valence-corrected chi connectivity index (χ3v) is 6.21. The number of nitrogens with zero attached hydrogens (tertiary/aromatic N) is 3. The Balaban J connectivity index is 1.78. The number of rotatable bonds is 11. The van der Waals surface area contributed by atoms with Gasteiger partial charge in [-0.15, -0.1) is 0 Å². The zero-order valence-electron chi connectivity index (χ0n) is 19.2. The standard InChI is InChI=1S/C24H36N4O3/c1-4-5-6-15-27(16-8-7-14-26(2)3)20-11-9-10-18-19(20)17-28(24(18)31)21-12-13-22(29)25-23(21)30/h9-11,21H,4-8,12-17H2,1-3H3,(H,25,29,30). The fraction of sp³-hybridized carbons (Fsp3) is 0.625. The summed E-state index contributed by atoms with van der Waals surface area (Å²) in [5.74, 6) is -0.721. The van der Waals surface area contributed by atoms with Crippen molar-refractivity contribution in [2.24, 2.45) is 0 Å². The first kappa shape index (κ1) is 23.3. The van der Waals surface area contributed by atoms with Gasteiger partial charge in [0.25, 0.3) is 5.91 Å². The van der Waals surface area contributed by atoms with Crippen molar-refractivity contribution in [3.05, 3.63) is 29.3 Å². The summed E-state index contributed by atoms with van der Waals surface area (Å²) in [6.07, 6.45) is 6.38. The van der Waals surface area contributed by atoms with Gasteiger partial charge in [-0.25, -0.2) is 0 Å². The second kappa shape index (κ2) is 10.8. The zero-order chi connectivity index (χ0) is 22.4. The summed E-state index contributed by atoms with van der Waals surface area (Å²) >= 11 is 0. The molecule has 170 valence electrons. The van der Waals surface area contributed by atoms with Gasteiger partial charge in [-0.1, -0.05) is 25.8 Å². The highest BCUT2D eigenvalue weighted by Gasteiger charge is 2.40. The summed E-state index contributed by atoms with van der Waals surface area (Å²) in [5.41, 5.74) is 2.82. The van der Waals surface area contributed by atoms with Crippen molar-refractivity contribution in [2.75, 3.05) is 38.6 Å². The quantitative estimate of drug-likeness (QED) is 0.433. The van der Waals surface area contributed by atoms with Crippen LogP contribution >= 0.6 is 0 Å². The number of anilines is 1. The molecule has 0 radical (unpaired) electrons. The number of carbonyl (C=O) groups excluding carboxylic acids is 3. The smallest absolute Gasteiger partial charge is 0.255 e. The molecule has 1 atom stereocenters. The van der Waals surface area contributed by atoms with Crippen LogP contribution in [-0.4, -0.2) is 67.3 Å². The van der Waals surface area contributed by atoms with E-state index in [0.717, 1.165) is 50.1 Å². The van der Waals surface area contributed by atoms with E-state index in [9.17, 15) is 14.4 Å². The van der Waals surface area contributed by atoms with E-state index in [0.29, 0.717) is 18.5 Å². The lowest BCUT2D eigenvalue weighted by Gasteiger charge is -2.30. The molecule has 3 rings (SSSR count). The highest BCUT2D eigenvalue weighted by atomic mass is 16.2. The van der Waals surface area contributed by atoms with Crippen LogP contribution in [0.1, 0.15) is 67.8 Å². The molecular weight excluding hydrogens is 392 g/mol. The maximum absolute atomic E-state index is 13.1. The number of imide groups is 1. The molecule has 1 unspecified atom stereocenters. The lowest BCUT2D eigenvalue weighted by atomic mass is 10.0. The average molecular weight is 429 g/mol. The molecule has 2 aliphatic rings. The molecule has 1 N–H and O–H groups in total. The molecular formula is C24H36N4O3. The van der Waals surface area contributed by atoms with Crippen molar-refractivity contribution >= 4 is 23.4 Å². The van der Waals surface area contributed by atoms with Crippen LogP contribution in [0.2, 0.25) is 0 Å². The predicted molar refractivity (Wildman–Crippen MR) is 122 cm³/mol. The van der Waals surface area contributed by atoms with Crippen LogP contribution in [0.3, 0.4) is 0 Å². The molecule has 7 nitrogen and oxygen atoms in total. The Morgan fingerprint density at radius 2 is 1.74 bits per heavy atom. The molecule has 0 spiro atoms. The number of amides is 3. The minimum Gasteiger partial charge on any atom is -0.371 e. The normalized spacial score (nSPS) is 18.5. The molecule has 1 aromatic carbocycles. The van der Waals surface area contributed by atoms with Crippen molar-refractivity contribution in [3.8, 4) is 0 Å². The molecule has 1 fully saturated rings. The molecule has 0 saturated carbocycles. The van der Waals surface area contributed by atoms with Crippen LogP contribution in [0, 0.1) is 0 Å². The number of hydrogen-bond donors (Lipinski definition) is 1. The second-order valence-electron chi connectivity index (χ2n) is 8.91. The van der Waals surface area contributed by atoms with Crippen molar-refractivity contribution in [3.63, 3.8) is 0 Å². The first-order chi connectivity index (χ1) is 14.9. The molecule has 1 saturated heterocycles. The minimum atomic E-state index is -0.570. The number of nitrogens with one attached hydrogen (secondary N) is 1. The molecule has 0 aliphatic carbocycles. The summed E-state index contributed by atoms with van der Waals surface area (Å²) < 4.78 is 0. The monoisotopic (exact) mass is 428 g/mol. The van der Waals surface area contributed by atoms with Gasteiger partial charge in [-0.05, 0) is 58.5 Å². The molecule has 31 heavy (non-hydrogen) atoms. The van der Waals surface area contributed by atoms with E-state index in [-0.39, 0.29) is 24.1 Å². The zero-order valence-corrected chi connectivity index (χ0v) is 19.2. The topological polar surface area (TPSA) is 73.0 Å². The van der Waals surface area contributed by atoms with Gasteiger partial charge in [-0.3, -0.25) is 19.7 Å². The summed E-state index contributed by atoms with van der Waals surface area (Å²) in [6.45, 7) is 5.63. The SMILES string of the molecule is CCCCCN(CCCCN(C)C)c1cccc2c1CN(C1CCC(=O)NC1=O)C2=O. The summed E-state index contributed by atoms with van der Waals surface area (Å²) in [4.78, 5) is 43.3. The number of piperidine rings is 1. The van der Waals surface area contributed by atoms with Crippen LogP contribution < -0.4 is 10.2 Å². The predicted octanol–water partition coefficient (Wildman–Crippen LogP) is 2.79. The fourth-order valence-corrected chi connectivity index (χ4v) is 4.50. The van der Waals surface area contributed by atoms with Gasteiger partial charge in [0.2, 0.25) is 11.8 Å². The highest BCUT2D eigenvalue weighted by molar-refractivity contribution is 6.06. The summed E-state index contributed by atoms with van der Waals surface area (Å²) in [7, 11) is 4.19. The Hall–Kier alpha value is -2.41. The van der Waals surface area contributed by atoms with E-state index in [4.69, 9.17) is 0 Å². The maximum Gasteiger partial charge on any atom is 0.255 e. The van der Waals surface area contributed by atoms with E-state index < -0.39 is 6.04 Å². The molecule has 3 amide bonds. The minimum absolute atomic E-state index is 0.104. The molecule has 0 aromatic heterocycles. The lowest BCUT2D eigenvalue weighted by Crippen LogP contribution is -2.52. The van der Waals surface area contributed by atoms with Crippen LogP contribution in [-0.2, 0) is 16.1 Å². The van der Waals surface area contributed by atoms with Crippen molar-refractivity contribution in [2.45, 2.75) is 64.5 Å². The largest absolute Gasteiger partial charge is 0.371 e. The Morgan fingerprint density at radius 3 is 2.42 bits per heavy atom. The molecule has 2 aliphatic heterocycles. The van der Waals surface area contributed by atoms with Crippen LogP contribution in [0.25, 0.3) is 0 Å². The Kier molecular flexibility index (Phi) is 8.07. The van der Waals surface area contributed by atoms with Crippen LogP contribution in [0.15, 0.2) is 18.2 Å². The lowest BCUT2D eigenvalue weighted by molar-refractivity contribution is -0.136. The third-order valence-electron chi connectivity index (χ3n) is 6.21. The van der Waals surface area contributed by atoms with E-state index in [1.54, 1.807) is 4.90 Å². The average Bonchev–Trinajstić information content (AvgIpc) is 3.06. The Bertz CT molecular complexity index is 808. The maximum atomic E-state index is 13.1. The van der Waals surface area contributed by atoms with E-state index >= 15 is 0 Å². The van der Waals surface area contributed by atoms with Gasteiger partial charge in [0.1, 0.15) is 6.04 Å². The number of hydrogen-bond acceptors (Lipinski definition) is 5.